The lowest BCUT2D eigenvalue weighted by atomic mass is 10.2. The lowest BCUT2D eigenvalue weighted by Crippen LogP contribution is -2.26. The maximum atomic E-state index is 10.9. The summed E-state index contributed by atoms with van der Waals surface area (Å²) in [6, 6.07) is 15.1. The minimum atomic E-state index is -4.01. The van der Waals surface area contributed by atoms with Gasteiger partial charge in [0.05, 0.1) is 27.4 Å². The summed E-state index contributed by atoms with van der Waals surface area (Å²) in [4.78, 5) is 6.42. The van der Waals surface area contributed by atoms with Crippen LogP contribution in [0.25, 0.3) is 10.2 Å². The largest absolute Gasteiger partial charge is 0.372 e. The van der Waals surface area contributed by atoms with E-state index in [1.165, 1.54) is 11.3 Å². The quantitative estimate of drug-likeness (QED) is 0.182. The van der Waals surface area contributed by atoms with Crippen LogP contribution < -0.4 is 4.90 Å². The highest BCUT2D eigenvalue weighted by Gasteiger charge is 2.11. The van der Waals surface area contributed by atoms with Crippen LogP contribution in [0.3, 0.4) is 0 Å². The molecular weight excluding hydrogens is 500 g/mol. The van der Waals surface area contributed by atoms with E-state index in [0.717, 1.165) is 15.9 Å². The number of nitrogens with zero attached hydrogens (tertiary/aromatic N) is 4. The molecule has 0 fully saturated rings. The average Bonchev–Trinajstić information content (AvgIpc) is 3.19. The van der Waals surface area contributed by atoms with E-state index in [9.17, 15) is 16.8 Å². The van der Waals surface area contributed by atoms with Gasteiger partial charge in [0, 0.05) is 18.8 Å². The van der Waals surface area contributed by atoms with Gasteiger partial charge in [0.1, 0.15) is 0 Å². The molecule has 0 spiro atoms. The van der Waals surface area contributed by atoms with Crippen LogP contribution >= 0.6 is 11.3 Å². The normalized spacial score (nSPS) is 12.5. The molecule has 0 unspecified atom stereocenters. The van der Waals surface area contributed by atoms with E-state index in [1.54, 1.807) is 12.1 Å². The van der Waals surface area contributed by atoms with Crippen molar-refractivity contribution >= 4 is 58.3 Å². The van der Waals surface area contributed by atoms with Crippen molar-refractivity contribution < 1.29 is 25.9 Å². The fraction of sp³-hybridized carbons (Fsp3) is 0.381. The Morgan fingerprint density at radius 3 is 1.94 bits per heavy atom. The van der Waals surface area contributed by atoms with Gasteiger partial charge in [0.25, 0.3) is 20.2 Å². The summed E-state index contributed by atoms with van der Waals surface area (Å²) in [7, 11) is -8.02. The maximum Gasteiger partial charge on any atom is 0.264 e. The molecule has 3 aromatic rings. The van der Waals surface area contributed by atoms with Crippen molar-refractivity contribution in [3.63, 3.8) is 0 Å². The molecule has 10 nitrogen and oxygen atoms in total. The number of thiazole rings is 1. The van der Waals surface area contributed by atoms with Crippen molar-refractivity contribution in [1.29, 1.82) is 0 Å². The van der Waals surface area contributed by atoms with E-state index < -0.39 is 20.2 Å². The molecule has 1 aromatic heterocycles. The molecule has 0 radical (unpaired) electrons. The standard InChI is InChI=1S/C21H26N4O6S3/c26-33(27,28)15-5-3-13-25(14-4-6-16-34(29,30)31)18-11-9-17(10-12-18)23-24-21-22-19-7-1-2-8-20(19)32-21/h1-2,7-12H,3-6,13-16H2,(H,26,27,28)(H,29,30,31). The number of rotatable bonds is 13. The first-order valence-electron chi connectivity index (χ1n) is 10.6. The van der Waals surface area contributed by atoms with Gasteiger partial charge in [-0.1, -0.05) is 23.5 Å². The van der Waals surface area contributed by atoms with Crippen LogP contribution in [0.4, 0.5) is 16.5 Å². The minimum absolute atomic E-state index is 0.300. The van der Waals surface area contributed by atoms with Gasteiger partial charge in [-0.3, -0.25) is 9.11 Å². The Morgan fingerprint density at radius 2 is 1.38 bits per heavy atom. The highest BCUT2D eigenvalue weighted by molar-refractivity contribution is 7.86. The Bertz CT molecular complexity index is 1250. The van der Waals surface area contributed by atoms with E-state index >= 15 is 0 Å². The summed E-state index contributed by atoms with van der Waals surface area (Å²) in [6.45, 7) is 1.04. The second-order valence-electron chi connectivity index (χ2n) is 7.65. The molecule has 3 rings (SSSR count). The Labute approximate surface area is 202 Å². The van der Waals surface area contributed by atoms with Crippen molar-refractivity contribution in [3.05, 3.63) is 48.5 Å². The molecule has 2 aromatic carbocycles. The van der Waals surface area contributed by atoms with Gasteiger partial charge < -0.3 is 4.90 Å². The number of para-hydroxylation sites is 1. The lowest BCUT2D eigenvalue weighted by molar-refractivity contribution is 0.478. The monoisotopic (exact) mass is 526 g/mol. The molecule has 0 aliphatic rings. The van der Waals surface area contributed by atoms with Gasteiger partial charge >= 0.3 is 0 Å². The third kappa shape index (κ3) is 9.06. The van der Waals surface area contributed by atoms with Gasteiger partial charge in [-0.05, 0) is 62.1 Å². The van der Waals surface area contributed by atoms with E-state index in [4.69, 9.17) is 9.11 Å². The zero-order valence-electron chi connectivity index (χ0n) is 18.3. The Morgan fingerprint density at radius 1 is 0.794 bits per heavy atom. The number of fused-ring (bicyclic) bond motifs is 1. The Kier molecular flexibility index (Phi) is 9.08. The fourth-order valence-electron chi connectivity index (χ4n) is 3.28. The van der Waals surface area contributed by atoms with Crippen LogP contribution in [-0.4, -0.2) is 55.5 Å². The van der Waals surface area contributed by atoms with Crippen LogP contribution in [0.5, 0.6) is 0 Å². The van der Waals surface area contributed by atoms with Gasteiger partial charge in [-0.2, -0.15) is 16.8 Å². The minimum Gasteiger partial charge on any atom is -0.372 e. The van der Waals surface area contributed by atoms with Gasteiger partial charge in [0.15, 0.2) is 0 Å². The highest BCUT2D eigenvalue weighted by Crippen LogP contribution is 2.29. The zero-order valence-corrected chi connectivity index (χ0v) is 20.8. The smallest absolute Gasteiger partial charge is 0.264 e. The number of benzene rings is 2. The molecule has 0 saturated heterocycles. The molecule has 0 saturated carbocycles. The predicted octanol–water partition coefficient (Wildman–Crippen LogP) is 4.85. The summed E-state index contributed by atoms with van der Waals surface area (Å²) in [5, 5.41) is 9.02. The van der Waals surface area contributed by atoms with Gasteiger partial charge in [0.2, 0.25) is 5.13 Å². The van der Waals surface area contributed by atoms with E-state index in [-0.39, 0.29) is 11.5 Å². The predicted molar refractivity (Wildman–Crippen MR) is 134 cm³/mol. The van der Waals surface area contributed by atoms with Crippen LogP contribution in [0.2, 0.25) is 0 Å². The van der Waals surface area contributed by atoms with Crippen molar-refractivity contribution in [2.45, 2.75) is 25.7 Å². The first-order valence-corrected chi connectivity index (χ1v) is 14.7. The molecule has 184 valence electrons. The van der Waals surface area contributed by atoms with Crippen molar-refractivity contribution in [2.24, 2.45) is 10.2 Å². The van der Waals surface area contributed by atoms with Crippen LogP contribution in [0, 0.1) is 0 Å². The molecule has 0 aliphatic carbocycles. The summed E-state index contributed by atoms with van der Waals surface area (Å²) in [5.74, 6) is -0.622. The first-order chi connectivity index (χ1) is 16.1. The summed E-state index contributed by atoms with van der Waals surface area (Å²) in [6.07, 6.45) is 1.65. The molecule has 13 heteroatoms. The second-order valence-corrected chi connectivity index (χ2v) is 11.8. The summed E-state index contributed by atoms with van der Waals surface area (Å²) in [5.41, 5.74) is 2.37. The number of unbranched alkanes of at least 4 members (excludes halogenated alkanes) is 2. The number of anilines is 1. The Balaban J connectivity index is 1.63. The molecular formula is C21H26N4O6S3. The van der Waals surface area contributed by atoms with Gasteiger partial charge in [-0.25, -0.2) is 4.98 Å². The molecule has 0 atom stereocenters. The molecule has 0 aliphatic heterocycles. The second kappa shape index (κ2) is 11.8. The number of hydrogen-bond acceptors (Lipinski definition) is 9. The topological polar surface area (TPSA) is 150 Å². The molecule has 0 bridgehead atoms. The lowest BCUT2D eigenvalue weighted by Gasteiger charge is -2.25. The van der Waals surface area contributed by atoms with Crippen LogP contribution in [0.15, 0.2) is 58.8 Å². The van der Waals surface area contributed by atoms with E-state index in [1.807, 2.05) is 41.3 Å². The van der Waals surface area contributed by atoms with Crippen molar-refractivity contribution in [3.8, 4) is 0 Å². The first kappa shape index (κ1) is 26.2. The average molecular weight is 527 g/mol. The van der Waals surface area contributed by atoms with Crippen LogP contribution in [-0.2, 0) is 20.2 Å². The number of hydrogen-bond donors (Lipinski definition) is 2. The van der Waals surface area contributed by atoms with Crippen molar-refractivity contribution in [1.82, 2.24) is 4.98 Å². The third-order valence-electron chi connectivity index (χ3n) is 4.91. The summed E-state index contributed by atoms with van der Waals surface area (Å²) >= 11 is 1.45. The Hall–Kier alpha value is -2.45. The molecule has 1 heterocycles. The van der Waals surface area contributed by atoms with Gasteiger partial charge in [-0.15, -0.1) is 10.2 Å². The highest BCUT2D eigenvalue weighted by atomic mass is 32.2. The number of azo groups is 1. The zero-order chi connectivity index (χ0) is 24.6. The van der Waals surface area contributed by atoms with Crippen LogP contribution in [0.1, 0.15) is 25.7 Å². The summed E-state index contributed by atoms with van der Waals surface area (Å²) < 4.78 is 62.6. The SMILES string of the molecule is O=S(=O)(O)CCCCN(CCCCS(=O)(=O)O)c1ccc(N=Nc2nc3ccccc3s2)cc1. The molecule has 2 N–H and O–H groups in total. The molecule has 34 heavy (non-hydrogen) atoms. The number of aromatic nitrogens is 1. The fourth-order valence-corrected chi connectivity index (χ4v) is 5.20. The van der Waals surface area contributed by atoms with Crippen molar-refractivity contribution in [2.75, 3.05) is 29.5 Å². The van der Waals surface area contributed by atoms with E-state index in [2.05, 4.69) is 15.2 Å². The maximum absolute atomic E-state index is 10.9. The molecule has 0 amide bonds. The third-order valence-corrected chi connectivity index (χ3v) is 7.44. The van der Waals surface area contributed by atoms with E-state index in [0.29, 0.717) is 49.6 Å².